The maximum atomic E-state index is 10.6. The van der Waals surface area contributed by atoms with E-state index in [1.165, 1.54) is 6.92 Å². The van der Waals surface area contributed by atoms with Gasteiger partial charge in [-0.3, -0.25) is 4.79 Å². The number of carbonyl (C=O) groups is 1. The van der Waals surface area contributed by atoms with Crippen molar-refractivity contribution in [1.29, 1.82) is 0 Å². The average Bonchev–Trinajstić information content (AvgIpc) is 2.05. The summed E-state index contributed by atoms with van der Waals surface area (Å²) in [7, 11) is 0. The summed E-state index contributed by atoms with van der Waals surface area (Å²) in [4.78, 5) is 10.6. The van der Waals surface area contributed by atoms with E-state index in [9.17, 15) is 4.79 Å². The quantitative estimate of drug-likeness (QED) is 0.397. The number of hydrogen-bond acceptors (Lipinski definition) is 3. The van der Waals surface area contributed by atoms with Gasteiger partial charge in [-0.1, -0.05) is 23.2 Å². The molecule has 0 aromatic carbocycles. The first-order valence-electron chi connectivity index (χ1n) is 4.05. The Bertz CT molecular complexity index is 165. The molecule has 13 heavy (non-hydrogen) atoms. The molecule has 0 saturated carbocycles. The third-order valence-corrected chi connectivity index (χ3v) is 2.46. The molecular weight excluding hydrogens is 215 g/mol. The number of carbonyl (C=O) groups excluding carboxylic acids is 1. The van der Waals surface area contributed by atoms with Crippen molar-refractivity contribution in [3.63, 3.8) is 0 Å². The molecule has 0 spiro atoms. The molecule has 5 heteroatoms. The molecule has 0 heterocycles. The summed E-state index contributed by atoms with van der Waals surface area (Å²) in [5, 5.41) is 0. The van der Waals surface area contributed by atoms with E-state index in [1.54, 1.807) is 13.8 Å². The minimum absolute atomic E-state index is 0.367. The van der Waals surface area contributed by atoms with Crippen LogP contribution in [0.25, 0.3) is 0 Å². The Balaban J connectivity index is 4.65. The van der Waals surface area contributed by atoms with E-state index in [-0.39, 0.29) is 0 Å². The molecule has 0 bridgehead atoms. The van der Waals surface area contributed by atoms with Crippen LogP contribution in [0.4, 0.5) is 0 Å². The summed E-state index contributed by atoms with van der Waals surface area (Å²) in [5.41, 5.74) is 0. The third-order valence-electron chi connectivity index (χ3n) is 1.59. The third kappa shape index (κ3) is 3.09. The maximum absolute atomic E-state index is 10.6. The van der Waals surface area contributed by atoms with Crippen LogP contribution >= 0.6 is 23.2 Å². The molecule has 0 fully saturated rings. The maximum Gasteiger partial charge on any atom is 0.225 e. The fourth-order valence-corrected chi connectivity index (χ4v) is 1.11. The highest BCUT2D eigenvalue weighted by Crippen LogP contribution is 2.35. The predicted molar refractivity (Wildman–Crippen MR) is 52.2 cm³/mol. The predicted octanol–water partition coefficient (Wildman–Crippen LogP) is 2.15. The summed E-state index contributed by atoms with van der Waals surface area (Å²) in [6, 6.07) is 0. The smallest absolute Gasteiger partial charge is 0.225 e. The molecule has 0 atom stereocenters. The topological polar surface area (TPSA) is 35.5 Å². The average molecular weight is 229 g/mol. The monoisotopic (exact) mass is 228 g/mol. The van der Waals surface area contributed by atoms with E-state index >= 15 is 0 Å². The minimum atomic E-state index is -1.68. The van der Waals surface area contributed by atoms with Crippen molar-refractivity contribution in [1.82, 2.24) is 0 Å². The van der Waals surface area contributed by atoms with Gasteiger partial charge in [0.2, 0.25) is 10.1 Å². The first kappa shape index (κ1) is 13.2. The molecule has 0 aliphatic heterocycles. The number of hydrogen-bond donors (Lipinski definition) is 0. The summed E-state index contributed by atoms with van der Waals surface area (Å²) in [5.74, 6) is -1.29. The van der Waals surface area contributed by atoms with Gasteiger partial charge >= 0.3 is 0 Å². The second kappa shape index (κ2) is 5.15. The Morgan fingerprint density at radius 1 is 1.23 bits per heavy atom. The molecule has 0 N–H and O–H groups in total. The molecule has 0 saturated heterocycles. The number of halogens is 2. The fourth-order valence-electron chi connectivity index (χ4n) is 0.892. The molecule has 0 unspecified atom stereocenters. The fraction of sp³-hybridized carbons (Fsp3) is 0.875. The SMILES string of the molecule is CCOC(C)(OCC)C(Cl)(Cl)C=O. The van der Waals surface area contributed by atoms with Crippen molar-refractivity contribution in [3.8, 4) is 0 Å². The highest BCUT2D eigenvalue weighted by Gasteiger charge is 2.48. The van der Waals surface area contributed by atoms with Gasteiger partial charge in [-0.2, -0.15) is 0 Å². The molecular formula is C8H14Cl2O3. The number of alkyl halides is 2. The highest BCUT2D eigenvalue weighted by atomic mass is 35.5. The lowest BCUT2D eigenvalue weighted by Crippen LogP contribution is -2.49. The van der Waals surface area contributed by atoms with Gasteiger partial charge in [0.05, 0.1) is 0 Å². The normalized spacial score (nSPS) is 13.0. The molecule has 0 aromatic heterocycles. The zero-order valence-electron chi connectivity index (χ0n) is 7.97. The van der Waals surface area contributed by atoms with Crippen molar-refractivity contribution < 1.29 is 14.3 Å². The molecule has 0 aromatic rings. The first-order valence-corrected chi connectivity index (χ1v) is 4.81. The van der Waals surface area contributed by atoms with Crippen LogP contribution in [0.1, 0.15) is 20.8 Å². The Morgan fingerprint density at radius 2 is 1.62 bits per heavy atom. The van der Waals surface area contributed by atoms with Crippen LogP contribution in [-0.4, -0.2) is 29.6 Å². The van der Waals surface area contributed by atoms with Gasteiger partial charge in [0.25, 0.3) is 0 Å². The van der Waals surface area contributed by atoms with Crippen molar-refractivity contribution >= 4 is 29.5 Å². The summed E-state index contributed by atoms with van der Waals surface area (Å²) in [6.45, 7) is 5.81. The molecule has 0 aliphatic rings. The Hall–Kier alpha value is 0.170. The first-order chi connectivity index (χ1) is 5.93. The lowest BCUT2D eigenvalue weighted by atomic mass is 10.2. The van der Waals surface area contributed by atoms with Gasteiger partial charge in [-0.25, -0.2) is 0 Å². The summed E-state index contributed by atoms with van der Waals surface area (Å²) < 4.78 is 8.73. The van der Waals surface area contributed by atoms with Crippen LogP contribution in [0.15, 0.2) is 0 Å². The molecule has 0 radical (unpaired) electrons. The van der Waals surface area contributed by atoms with Crippen LogP contribution < -0.4 is 0 Å². The molecule has 78 valence electrons. The molecule has 0 amide bonds. The van der Waals surface area contributed by atoms with E-state index in [0.29, 0.717) is 19.5 Å². The van der Waals surface area contributed by atoms with Gasteiger partial charge in [0.1, 0.15) is 0 Å². The Kier molecular flexibility index (Phi) is 5.22. The van der Waals surface area contributed by atoms with Gasteiger partial charge in [0.15, 0.2) is 6.29 Å². The Morgan fingerprint density at radius 3 is 1.85 bits per heavy atom. The standard InChI is InChI=1S/C8H14Cl2O3/c1-4-12-7(3,13-5-2)8(9,10)6-11/h6H,4-5H2,1-3H3. The van der Waals surface area contributed by atoms with E-state index in [2.05, 4.69) is 0 Å². The van der Waals surface area contributed by atoms with Crippen molar-refractivity contribution in [2.75, 3.05) is 13.2 Å². The summed E-state index contributed by atoms with van der Waals surface area (Å²) >= 11 is 11.5. The second-order valence-electron chi connectivity index (χ2n) is 2.55. The van der Waals surface area contributed by atoms with Gasteiger partial charge in [-0.05, 0) is 20.8 Å². The Labute approximate surface area is 88.3 Å². The number of ether oxygens (including phenoxy) is 2. The van der Waals surface area contributed by atoms with E-state index in [4.69, 9.17) is 32.7 Å². The van der Waals surface area contributed by atoms with Crippen molar-refractivity contribution in [2.24, 2.45) is 0 Å². The minimum Gasteiger partial charge on any atom is -0.347 e. The number of rotatable bonds is 6. The van der Waals surface area contributed by atoms with E-state index in [0.717, 1.165) is 0 Å². The van der Waals surface area contributed by atoms with Crippen LogP contribution in [0.3, 0.4) is 0 Å². The number of aldehydes is 1. The van der Waals surface area contributed by atoms with E-state index < -0.39 is 10.1 Å². The van der Waals surface area contributed by atoms with Crippen molar-refractivity contribution in [3.05, 3.63) is 0 Å². The largest absolute Gasteiger partial charge is 0.347 e. The second-order valence-corrected chi connectivity index (χ2v) is 3.94. The van der Waals surface area contributed by atoms with Crippen LogP contribution in [0, 0.1) is 0 Å². The van der Waals surface area contributed by atoms with Crippen molar-refractivity contribution in [2.45, 2.75) is 30.9 Å². The lowest BCUT2D eigenvalue weighted by molar-refractivity contribution is -0.224. The van der Waals surface area contributed by atoms with Gasteiger partial charge < -0.3 is 9.47 Å². The lowest BCUT2D eigenvalue weighted by Gasteiger charge is -2.35. The van der Waals surface area contributed by atoms with Gasteiger partial charge in [0, 0.05) is 13.2 Å². The van der Waals surface area contributed by atoms with Gasteiger partial charge in [-0.15, -0.1) is 0 Å². The van der Waals surface area contributed by atoms with Crippen LogP contribution in [0.5, 0.6) is 0 Å². The highest BCUT2D eigenvalue weighted by molar-refractivity contribution is 6.56. The van der Waals surface area contributed by atoms with Crippen LogP contribution in [0.2, 0.25) is 0 Å². The molecule has 0 aliphatic carbocycles. The zero-order valence-corrected chi connectivity index (χ0v) is 9.48. The van der Waals surface area contributed by atoms with E-state index in [1.807, 2.05) is 0 Å². The van der Waals surface area contributed by atoms with Crippen LogP contribution in [-0.2, 0) is 14.3 Å². The molecule has 0 rings (SSSR count). The molecule has 3 nitrogen and oxygen atoms in total. The summed E-state index contributed by atoms with van der Waals surface area (Å²) in [6.07, 6.45) is 0.404. The zero-order chi connectivity index (χ0) is 10.5.